The second kappa shape index (κ2) is 8.80. The first-order valence-corrected chi connectivity index (χ1v) is 10.2. The van der Waals surface area contributed by atoms with E-state index in [1.54, 1.807) is 29.5 Å². The van der Waals surface area contributed by atoms with E-state index in [9.17, 15) is 13.2 Å². The topological polar surface area (TPSA) is 57.7 Å². The Hall–Kier alpha value is -0.920. The number of nitrogens with zero attached hydrogens (tertiary/aromatic N) is 2. The number of rotatable bonds is 9. The summed E-state index contributed by atoms with van der Waals surface area (Å²) in [5.41, 5.74) is 0. The third-order valence-electron chi connectivity index (χ3n) is 3.89. The van der Waals surface area contributed by atoms with Crippen molar-refractivity contribution in [2.75, 3.05) is 20.6 Å². The van der Waals surface area contributed by atoms with Gasteiger partial charge in [0.1, 0.15) is 4.21 Å². The van der Waals surface area contributed by atoms with Crippen LogP contribution in [0.1, 0.15) is 40.0 Å². The maximum absolute atomic E-state index is 12.3. The van der Waals surface area contributed by atoms with Gasteiger partial charge in [0.15, 0.2) is 0 Å². The Morgan fingerprint density at radius 3 is 2.43 bits per heavy atom. The minimum absolute atomic E-state index is 0.0695. The summed E-state index contributed by atoms with van der Waals surface area (Å²) in [6, 6.07) is 3.53. The molecule has 23 heavy (non-hydrogen) atoms. The van der Waals surface area contributed by atoms with Gasteiger partial charge in [-0.2, -0.15) is 0 Å². The van der Waals surface area contributed by atoms with E-state index in [1.807, 2.05) is 14.0 Å². The highest BCUT2D eigenvalue weighted by Crippen LogP contribution is 2.20. The third kappa shape index (κ3) is 5.90. The van der Waals surface area contributed by atoms with Crippen molar-refractivity contribution in [1.82, 2.24) is 9.21 Å². The molecule has 7 heteroatoms. The van der Waals surface area contributed by atoms with Crippen LogP contribution in [0, 0.1) is 5.92 Å². The molecule has 0 aromatic carbocycles. The molecule has 0 spiro atoms. The molecule has 0 aliphatic carbocycles. The summed E-state index contributed by atoms with van der Waals surface area (Å²) in [7, 11) is -0.0381. The van der Waals surface area contributed by atoms with E-state index in [2.05, 4.69) is 13.8 Å². The lowest BCUT2D eigenvalue weighted by molar-refractivity contribution is -0.132. The molecule has 1 heterocycles. The monoisotopic (exact) mass is 360 g/mol. The number of hydrogen-bond donors (Lipinski definition) is 0. The minimum atomic E-state index is -3.42. The summed E-state index contributed by atoms with van der Waals surface area (Å²) in [5.74, 6) is 0.613. The molecule has 0 fully saturated rings. The maximum Gasteiger partial charge on any atom is 0.252 e. The fraction of sp³-hybridized carbons (Fsp3) is 0.688. The van der Waals surface area contributed by atoms with Gasteiger partial charge < -0.3 is 4.90 Å². The number of carbonyl (C=O) groups excluding carboxylic acids is 1. The Morgan fingerprint density at radius 2 is 1.91 bits per heavy atom. The van der Waals surface area contributed by atoms with Gasteiger partial charge in [0.25, 0.3) is 10.0 Å². The Bertz CT molecular complexity index is 582. The van der Waals surface area contributed by atoms with Gasteiger partial charge in [0.05, 0.1) is 0 Å². The van der Waals surface area contributed by atoms with Gasteiger partial charge in [-0.25, -0.2) is 12.7 Å². The van der Waals surface area contributed by atoms with Crippen LogP contribution in [0.4, 0.5) is 0 Å². The second-order valence-corrected chi connectivity index (χ2v) is 9.56. The fourth-order valence-corrected chi connectivity index (χ4v) is 4.81. The lowest BCUT2D eigenvalue weighted by atomic mass is 10.0. The zero-order valence-corrected chi connectivity index (χ0v) is 16.3. The first-order valence-electron chi connectivity index (χ1n) is 7.91. The Kier molecular flexibility index (Phi) is 7.70. The molecular weight excluding hydrogens is 332 g/mol. The Labute approximate surface area is 144 Å². The standard InChI is InChI=1S/C16H28N2O3S2/c1-13(2)12-14(3)18(5)15(19)8-6-10-17(4)23(20,21)16-9-7-11-22-16/h7,9,11,13-14H,6,8,10,12H2,1-5H3. The SMILES string of the molecule is CC(C)CC(C)N(C)C(=O)CCCN(C)S(=O)(=O)c1cccs1. The summed E-state index contributed by atoms with van der Waals surface area (Å²) in [4.78, 5) is 14.0. The molecule has 1 rings (SSSR count). The Balaban J connectivity index is 2.45. The molecule has 0 N–H and O–H groups in total. The van der Waals surface area contributed by atoms with E-state index in [0.717, 1.165) is 6.42 Å². The molecule has 1 atom stereocenters. The van der Waals surface area contributed by atoms with Crippen LogP contribution >= 0.6 is 11.3 Å². The van der Waals surface area contributed by atoms with E-state index in [1.165, 1.54) is 15.6 Å². The molecule has 0 radical (unpaired) electrons. The smallest absolute Gasteiger partial charge is 0.252 e. The second-order valence-electron chi connectivity index (χ2n) is 6.35. The average molecular weight is 361 g/mol. The molecule has 1 aromatic heterocycles. The van der Waals surface area contributed by atoms with Crippen LogP contribution in [0.15, 0.2) is 21.7 Å². The van der Waals surface area contributed by atoms with Crippen molar-refractivity contribution >= 4 is 27.3 Å². The molecule has 132 valence electrons. The van der Waals surface area contributed by atoms with Crippen LogP contribution in [-0.4, -0.2) is 50.2 Å². The maximum atomic E-state index is 12.3. The van der Waals surface area contributed by atoms with Crippen molar-refractivity contribution < 1.29 is 13.2 Å². The lowest BCUT2D eigenvalue weighted by Crippen LogP contribution is -2.36. The molecule has 1 unspecified atom stereocenters. The quantitative estimate of drug-likeness (QED) is 0.680. The molecule has 0 aliphatic rings. The summed E-state index contributed by atoms with van der Waals surface area (Å²) in [6.45, 7) is 6.67. The zero-order chi connectivity index (χ0) is 17.6. The van der Waals surface area contributed by atoms with Crippen molar-refractivity contribution in [3.63, 3.8) is 0 Å². The molecular formula is C16H28N2O3S2. The molecule has 1 aromatic rings. The van der Waals surface area contributed by atoms with Crippen LogP contribution < -0.4 is 0 Å². The lowest BCUT2D eigenvalue weighted by Gasteiger charge is -2.26. The minimum Gasteiger partial charge on any atom is -0.343 e. The first-order chi connectivity index (χ1) is 10.7. The van der Waals surface area contributed by atoms with E-state index in [4.69, 9.17) is 0 Å². The normalized spacial score (nSPS) is 13.5. The third-order valence-corrected chi connectivity index (χ3v) is 7.12. The predicted octanol–water partition coefficient (Wildman–Crippen LogP) is 3.04. The average Bonchev–Trinajstić information content (AvgIpc) is 3.00. The number of carbonyl (C=O) groups is 1. The molecule has 0 saturated heterocycles. The van der Waals surface area contributed by atoms with Crippen LogP contribution in [0.3, 0.4) is 0 Å². The van der Waals surface area contributed by atoms with Gasteiger partial charge in [0.2, 0.25) is 5.91 Å². The molecule has 1 amide bonds. The van der Waals surface area contributed by atoms with E-state index < -0.39 is 10.0 Å². The van der Waals surface area contributed by atoms with E-state index >= 15 is 0 Å². The van der Waals surface area contributed by atoms with Crippen molar-refractivity contribution in [2.45, 2.75) is 50.3 Å². The van der Waals surface area contributed by atoms with Crippen LogP contribution in [0.5, 0.6) is 0 Å². The largest absolute Gasteiger partial charge is 0.343 e. The number of thiophene rings is 1. The van der Waals surface area contributed by atoms with Gasteiger partial charge in [0, 0.05) is 33.1 Å². The highest BCUT2D eigenvalue weighted by molar-refractivity contribution is 7.91. The van der Waals surface area contributed by atoms with E-state index in [0.29, 0.717) is 29.5 Å². The Morgan fingerprint density at radius 1 is 1.26 bits per heavy atom. The van der Waals surface area contributed by atoms with Crippen LogP contribution in [0.2, 0.25) is 0 Å². The highest BCUT2D eigenvalue weighted by atomic mass is 32.2. The molecule has 0 saturated carbocycles. The van der Waals surface area contributed by atoms with Gasteiger partial charge in [-0.15, -0.1) is 11.3 Å². The van der Waals surface area contributed by atoms with Gasteiger partial charge in [-0.05, 0) is 37.1 Å². The van der Waals surface area contributed by atoms with Crippen LogP contribution in [0.25, 0.3) is 0 Å². The van der Waals surface area contributed by atoms with Crippen molar-refractivity contribution in [3.8, 4) is 0 Å². The predicted molar refractivity (Wildman–Crippen MR) is 95.1 cm³/mol. The zero-order valence-electron chi connectivity index (χ0n) is 14.7. The summed E-state index contributed by atoms with van der Waals surface area (Å²) >= 11 is 1.21. The summed E-state index contributed by atoms with van der Waals surface area (Å²) < 4.78 is 26.2. The molecule has 0 aliphatic heterocycles. The van der Waals surface area contributed by atoms with Gasteiger partial charge in [-0.3, -0.25) is 4.79 Å². The molecule has 0 bridgehead atoms. The van der Waals surface area contributed by atoms with Gasteiger partial charge in [-0.1, -0.05) is 19.9 Å². The first kappa shape index (κ1) is 20.1. The number of amides is 1. The summed E-state index contributed by atoms with van der Waals surface area (Å²) in [5, 5.41) is 1.75. The number of hydrogen-bond acceptors (Lipinski definition) is 4. The molecule has 5 nitrogen and oxygen atoms in total. The van der Waals surface area contributed by atoms with E-state index in [-0.39, 0.29) is 11.9 Å². The highest BCUT2D eigenvalue weighted by Gasteiger charge is 2.22. The fourth-order valence-electron chi connectivity index (χ4n) is 2.40. The van der Waals surface area contributed by atoms with Crippen molar-refractivity contribution in [3.05, 3.63) is 17.5 Å². The van der Waals surface area contributed by atoms with Gasteiger partial charge >= 0.3 is 0 Å². The van der Waals surface area contributed by atoms with Crippen LogP contribution in [-0.2, 0) is 14.8 Å². The van der Waals surface area contributed by atoms with Crippen molar-refractivity contribution in [2.24, 2.45) is 5.92 Å². The summed E-state index contributed by atoms with van der Waals surface area (Å²) in [6.07, 6.45) is 1.86. The van der Waals surface area contributed by atoms with Crippen molar-refractivity contribution in [1.29, 1.82) is 0 Å². The number of sulfonamides is 1.